The average molecular weight is 392 g/mol. The molecule has 10 nitrogen and oxygen atoms in total. The molecule has 0 bridgehead atoms. The van der Waals surface area contributed by atoms with Gasteiger partial charge in [-0.1, -0.05) is 48.5 Å². The van der Waals surface area contributed by atoms with Gasteiger partial charge in [0, 0.05) is 16.7 Å². The Morgan fingerprint density at radius 1 is 0.931 bits per heavy atom. The molecule has 0 saturated heterocycles. The summed E-state index contributed by atoms with van der Waals surface area (Å²) in [6.45, 7) is 0. The van der Waals surface area contributed by atoms with Crippen molar-refractivity contribution in [1.82, 2.24) is 10.4 Å². The molecule has 0 atom stereocenters. The van der Waals surface area contributed by atoms with E-state index in [4.69, 9.17) is 23.3 Å². The zero-order valence-corrected chi connectivity index (χ0v) is 15.3. The molecule has 0 unspecified atom stereocenters. The lowest BCUT2D eigenvalue weighted by Gasteiger charge is -2.12. The molecular weight excluding hydrogens is 372 g/mol. The van der Waals surface area contributed by atoms with Crippen LogP contribution >= 0.6 is 0 Å². The molecule has 0 aliphatic rings. The predicted molar refractivity (Wildman–Crippen MR) is 113 cm³/mol. The molecule has 1 aromatic heterocycles. The first-order valence-electron chi connectivity index (χ1n) is 8.44. The molecule has 0 saturated carbocycles. The van der Waals surface area contributed by atoms with E-state index in [0.717, 1.165) is 5.56 Å². The predicted octanol–water partition coefficient (Wildman–Crippen LogP) is 0.0771. The van der Waals surface area contributed by atoms with Crippen molar-refractivity contribution in [3.63, 3.8) is 0 Å². The van der Waals surface area contributed by atoms with E-state index in [1.165, 1.54) is 6.07 Å². The third kappa shape index (κ3) is 3.87. The zero-order chi connectivity index (χ0) is 21.0. The van der Waals surface area contributed by atoms with Crippen molar-refractivity contribution in [3.05, 3.63) is 76.1 Å². The largest absolute Gasteiger partial charge is 0.503 e. The number of nitrogens with zero attached hydrogens (tertiary/aromatic N) is 2. The van der Waals surface area contributed by atoms with Crippen LogP contribution in [-0.4, -0.2) is 21.8 Å². The summed E-state index contributed by atoms with van der Waals surface area (Å²) < 4.78 is 0. The molecule has 0 aliphatic carbocycles. The minimum atomic E-state index is -0.600. The van der Waals surface area contributed by atoms with Crippen LogP contribution < -0.4 is 34.2 Å². The Kier molecular flexibility index (Phi) is 5.47. The van der Waals surface area contributed by atoms with Crippen molar-refractivity contribution in [1.29, 1.82) is 0 Å². The third-order valence-electron chi connectivity index (χ3n) is 4.37. The molecule has 1 heterocycles. The second-order valence-electron chi connectivity index (χ2n) is 6.06. The van der Waals surface area contributed by atoms with E-state index in [0.29, 0.717) is 33.8 Å². The Morgan fingerprint density at radius 3 is 2.07 bits per heavy atom. The van der Waals surface area contributed by atoms with Gasteiger partial charge in [0.15, 0.2) is 11.6 Å². The monoisotopic (exact) mass is 392 g/mol. The topological polar surface area (TPSA) is 194 Å². The van der Waals surface area contributed by atoms with Crippen LogP contribution in [0.2, 0.25) is 0 Å². The Hall–Kier alpha value is -4.31. The number of amidine groups is 2. The maximum absolute atomic E-state index is 12.0. The summed E-state index contributed by atoms with van der Waals surface area (Å²) in [6.07, 6.45) is 0. The quantitative estimate of drug-likeness (QED) is 0.141. The molecule has 3 aromatic rings. The number of hydrazine groups is 1. The van der Waals surface area contributed by atoms with Gasteiger partial charge in [-0.25, -0.2) is 5.84 Å². The van der Waals surface area contributed by atoms with E-state index < -0.39 is 11.3 Å². The normalized spacial score (nSPS) is 12.0. The van der Waals surface area contributed by atoms with Crippen LogP contribution in [0.4, 0.5) is 0 Å². The number of aromatic nitrogens is 1. The second-order valence-corrected chi connectivity index (χ2v) is 6.06. The second kappa shape index (κ2) is 8.15. The average Bonchev–Trinajstić information content (AvgIpc) is 2.76. The molecule has 11 N–H and O–H groups in total. The van der Waals surface area contributed by atoms with E-state index in [-0.39, 0.29) is 5.84 Å². The van der Waals surface area contributed by atoms with Gasteiger partial charge in [0.05, 0.1) is 5.69 Å². The first-order chi connectivity index (χ1) is 14.0. The van der Waals surface area contributed by atoms with Crippen LogP contribution in [0.15, 0.2) is 69.6 Å². The summed E-state index contributed by atoms with van der Waals surface area (Å²) in [6, 6.07) is 15.5. The van der Waals surface area contributed by atoms with Gasteiger partial charge in [-0.3, -0.25) is 4.79 Å². The molecule has 0 fully saturated rings. The lowest BCUT2D eigenvalue weighted by molar-refractivity contribution is 0.467. The van der Waals surface area contributed by atoms with Gasteiger partial charge in [0.2, 0.25) is 0 Å². The van der Waals surface area contributed by atoms with Crippen LogP contribution in [0.1, 0.15) is 11.1 Å². The molecule has 10 heteroatoms. The number of benzene rings is 2. The fourth-order valence-corrected chi connectivity index (χ4v) is 2.86. The van der Waals surface area contributed by atoms with Crippen LogP contribution in [0, 0.1) is 0 Å². The summed E-state index contributed by atoms with van der Waals surface area (Å²) in [5.41, 5.74) is 11.4. The molecule has 0 radical (unpaired) electrons. The first kappa shape index (κ1) is 19.5. The standard InChI is InChI=1S/C19H20N8O2/c20-17(25-21)12-5-1-10(2-6-12)14-9-15(28)19(29)24-16(14)11-3-7-13(8-4-11)18(26-22)27-23/h1-9,28H,21-23H2,(H2,20,25)(H,24,29)(H,26,27). The number of aromatic hydroxyl groups is 1. The number of hydrogen-bond acceptors (Lipinski definition) is 7. The molecule has 3 rings (SSSR count). The third-order valence-corrected chi connectivity index (χ3v) is 4.37. The van der Waals surface area contributed by atoms with Crippen molar-refractivity contribution < 1.29 is 5.11 Å². The van der Waals surface area contributed by atoms with E-state index in [2.05, 4.69) is 20.6 Å². The number of hydrazone groups is 2. The minimum Gasteiger partial charge on any atom is -0.503 e. The van der Waals surface area contributed by atoms with E-state index in [1.807, 2.05) is 0 Å². The number of rotatable bonds is 4. The highest BCUT2D eigenvalue weighted by atomic mass is 16.3. The van der Waals surface area contributed by atoms with Crippen LogP contribution in [0.25, 0.3) is 22.4 Å². The van der Waals surface area contributed by atoms with Crippen LogP contribution in [0.3, 0.4) is 0 Å². The van der Waals surface area contributed by atoms with Crippen molar-refractivity contribution in [2.24, 2.45) is 33.5 Å². The lowest BCUT2D eigenvalue weighted by atomic mass is 9.97. The van der Waals surface area contributed by atoms with Crippen LogP contribution in [-0.2, 0) is 0 Å². The molecule has 0 spiro atoms. The molecule has 148 valence electrons. The Bertz CT molecular complexity index is 1130. The number of nitrogens with one attached hydrogen (secondary N) is 2. The van der Waals surface area contributed by atoms with Gasteiger partial charge in [0.1, 0.15) is 5.84 Å². The molecule has 0 amide bonds. The highest BCUT2D eigenvalue weighted by Gasteiger charge is 2.13. The number of aromatic amines is 1. The molecule has 29 heavy (non-hydrogen) atoms. The van der Waals surface area contributed by atoms with Gasteiger partial charge in [-0.2, -0.15) is 10.2 Å². The Balaban J connectivity index is 2.11. The highest BCUT2D eigenvalue weighted by molar-refractivity contribution is 5.99. The smallest absolute Gasteiger partial charge is 0.290 e. The van der Waals surface area contributed by atoms with Gasteiger partial charge >= 0.3 is 0 Å². The van der Waals surface area contributed by atoms with Gasteiger partial charge in [-0.05, 0) is 17.2 Å². The minimum absolute atomic E-state index is 0.197. The fraction of sp³-hybridized carbons (Fsp3) is 0. The SMILES string of the molecule is N/N=C(\N)c1ccc(-c2cc(O)c(=O)[nH]c2-c2ccc(/C(=N/N)NN)cc2)cc1. The number of H-pyrrole nitrogens is 1. The summed E-state index contributed by atoms with van der Waals surface area (Å²) >= 11 is 0. The van der Waals surface area contributed by atoms with Gasteiger partial charge < -0.3 is 32.9 Å². The van der Waals surface area contributed by atoms with E-state index in [1.54, 1.807) is 48.5 Å². The van der Waals surface area contributed by atoms with E-state index in [9.17, 15) is 9.90 Å². The maximum atomic E-state index is 12.0. The fourth-order valence-electron chi connectivity index (χ4n) is 2.86. The van der Waals surface area contributed by atoms with Crippen molar-refractivity contribution >= 4 is 11.7 Å². The summed E-state index contributed by atoms with van der Waals surface area (Å²) in [5.74, 6) is 16.0. The molecular formula is C19H20N8O2. The Morgan fingerprint density at radius 2 is 1.52 bits per heavy atom. The zero-order valence-electron chi connectivity index (χ0n) is 15.3. The van der Waals surface area contributed by atoms with Gasteiger partial charge in [0.25, 0.3) is 5.56 Å². The molecule has 2 aromatic carbocycles. The number of hydrogen-bond donors (Lipinski definition) is 7. The summed E-state index contributed by atoms with van der Waals surface area (Å²) in [4.78, 5) is 14.7. The lowest BCUT2D eigenvalue weighted by Crippen LogP contribution is -2.31. The molecule has 0 aliphatic heterocycles. The summed E-state index contributed by atoms with van der Waals surface area (Å²) in [7, 11) is 0. The van der Waals surface area contributed by atoms with Crippen molar-refractivity contribution in [2.75, 3.05) is 0 Å². The Labute approximate surface area is 165 Å². The number of nitrogens with two attached hydrogens (primary N) is 4. The summed E-state index contributed by atoms with van der Waals surface area (Å²) in [5, 5.41) is 17.0. The van der Waals surface area contributed by atoms with Crippen molar-refractivity contribution in [2.45, 2.75) is 0 Å². The maximum Gasteiger partial charge on any atom is 0.290 e. The first-order valence-corrected chi connectivity index (χ1v) is 8.44. The number of pyridine rings is 1. The van der Waals surface area contributed by atoms with E-state index >= 15 is 0 Å². The van der Waals surface area contributed by atoms with Gasteiger partial charge in [-0.15, -0.1) is 0 Å². The van der Waals surface area contributed by atoms with Crippen LogP contribution in [0.5, 0.6) is 5.75 Å². The highest BCUT2D eigenvalue weighted by Crippen LogP contribution is 2.31. The van der Waals surface area contributed by atoms with Crippen molar-refractivity contribution in [3.8, 4) is 28.1 Å².